The second-order valence-electron chi connectivity index (χ2n) is 12.0. The Morgan fingerprint density at radius 1 is 0.781 bits per heavy atom. The van der Waals surface area contributed by atoms with Crippen LogP contribution in [0.1, 0.15) is 102 Å². The molecule has 0 unspecified atom stereocenters. The van der Waals surface area contributed by atoms with Crippen molar-refractivity contribution in [3.63, 3.8) is 0 Å². The van der Waals surface area contributed by atoms with Crippen molar-refractivity contribution in [1.29, 1.82) is 0 Å². The van der Waals surface area contributed by atoms with E-state index in [-0.39, 0.29) is 47.6 Å². The van der Waals surface area contributed by atoms with Crippen LogP contribution in [-0.4, -0.2) is 70.2 Å². The number of hydrogen-bond donors (Lipinski definition) is 0. The summed E-state index contributed by atoms with van der Waals surface area (Å²) in [5.74, 6) is 0.135. The molecule has 2 aliphatic heterocycles. The van der Waals surface area contributed by atoms with Crippen molar-refractivity contribution in [2.24, 2.45) is 10.9 Å². The van der Waals surface area contributed by atoms with Crippen LogP contribution in [0.3, 0.4) is 0 Å². The first kappa shape index (κ1) is 30.7. The van der Waals surface area contributed by atoms with Gasteiger partial charge in [-0.1, -0.05) is 7.43 Å². The predicted octanol–water partition coefficient (Wildman–Crippen LogP) is 5.34. The van der Waals surface area contributed by atoms with Gasteiger partial charge in [0, 0.05) is 55.1 Å². The van der Waals surface area contributed by atoms with Crippen molar-refractivity contribution < 1.29 is 14.3 Å². The average molecular weight is 454 g/mol. The fourth-order valence-corrected chi connectivity index (χ4v) is 5.36. The third-order valence-corrected chi connectivity index (χ3v) is 7.41. The van der Waals surface area contributed by atoms with Gasteiger partial charge in [-0.25, -0.2) is 4.99 Å². The Balaban J connectivity index is 0.000000584. The number of likely N-dealkylation sites (tertiary alicyclic amines) is 2. The number of piperidine rings is 2. The molecule has 2 heterocycles. The lowest BCUT2D eigenvalue weighted by atomic mass is 9.74. The van der Waals surface area contributed by atoms with Gasteiger partial charge in [0.1, 0.15) is 6.10 Å². The van der Waals surface area contributed by atoms with Gasteiger partial charge in [0.05, 0.1) is 0 Å². The molecule has 188 valence electrons. The minimum atomic E-state index is -0.170. The summed E-state index contributed by atoms with van der Waals surface area (Å²) in [6.07, 6.45) is 5.84. The standard InChI is InChI=1S/C13H24N2O.C12H23NO2.CH4/c1-10(16)14-9-11-7-12(2,3)15(6)13(4,5)8-11;1-9(14)15-10-7-11(2,3)13(6)12(4,5)8-10;/h9,11H,7-8H2,1-6H3;10H,7-8H2,1-6H3;1H4. The zero-order valence-electron chi connectivity index (χ0n) is 22.1. The van der Waals surface area contributed by atoms with Gasteiger partial charge < -0.3 is 4.74 Å². The monoisotopic (exact) mass is 453 g/mol. The smallest absolute Gasteiger partial charge is 0.302 e. The van der Waals surface area contributed by atoms with E-state index >= 15 is 0 Å². The molecule has 0 radical (unpaired) electrons. The van der Waals surface area contributed by atoms with Crippen LogP contribution in [0.5, 0.6) is 0 Å². The van der Waals surface area contributed by atoms with Crippen molar-refractivity contribution in [2.75, 3.05) is 14.1 Å². The van der Waals surface area contributed by atoms with Crippen molar-refractivity contribution in [2.45, 2.75) is 131 Å². The number of hydrogen-bond acceptors (Lipinski definition) is 5. The van der Waals surface area contributed by atoms with Gasteiger partial charge in [-0.15, -0.1) is 0 Å². The maximum atomic E-state index is 11.0. The highest BCUT2D eigenvalue weighted by Crippen LogP contribution is 2.39. The number of nitrogens with zero attached hydrogens (tertiary/aromatic N) is 3. The van der Waals surface area contributed by atoms with E-state index in [1.165, 1.54) is 13.8 Å². The molecule has 0 aromatic rings. The fourth-order valence-electron chi connectivity index (χ4n) is 5.36. The molecule has 32 heavy (non-hydrogen) atoms. The van der Waals surface area contributed by atoms with Crippen molar-refractivity contribution >= 4 is 18.1 Å². The Bertz CT molecular complexity index is 644. The lowest BCUT2D eigenvalue weighted by molar-refractivity contribution is -0.156. The first-order valence-corrected chi connectivity index (χ1v) is 11.5. The number of carbonyl (C=O) groups excluding carboxylic acids is 2. The molecule has 6 heteroatoms. The second kappa shape index (κ2) is 10.8. The van der Waals surface area contributed by atoms with Gasteiger partial charge in [-0.2, -0.15) is 0 Å². The highest BCUT2D eigenvalue weighted by atomic mass is 16.5. The maximum absolute atomic E-state index is 11.0. The van der Waals surface area contributed by atoms with E-state index in [1.54, 1.807) is 0 Å². The number of ether oxygens (including phenoxy) is 1. The van der Waals surface area contributed by atoms with Gasteiger partial charge in [0.25, 0.3) is 0 Å². The van der Waals surface area contributed by atoms with Gasteiger partial charge >= 0.3 is 5.97 Å². The molecule has 0 aromatic carbocycles. The Morgan fingerprint density at radius 3 is 1.44 bits per heavy atom. The lowest BCUT2D eigenvalue weighted by Gasteiger charge is -2.53. The average Bonchev–Trinajstić information content (AvgIpc) is 2.54. The Morgan fingerprint density at radius 2 is 1.12 bits per heavy atom. The summed E-state index contributed by atoms with van der Waals surface area (Å²) in [5, 5.41) is 0. The van der Waals surface area contributed by atoms with Crippen LogP contribution in [-0.2, 0) is 14.3 Å². The van der Waals surface area contributed by atoms with Crippen LogP contribution in [0.25, 0.3) is 0 Å². The van der Waals surface area contributed by atoms with Crippen LogP contribution >= 0.6 is 0 Å². The van der Waals surface area contributed by atoms with E-state index in [0.717, 1.165) is 25.7 Å². The van der Waals surface area contributed by atoms with Gasteiger partial charge in [-0.3, -0.25) is 19.4 Å². The minimum Gasteiger partial charge on any atom is -0.462 e. The highest BCUT2D eigenvalue weighted by molar-refractivity contribution is 5.83. The van der Waals surface area contributed by atoms with Gasteiger partial charge in [0.15, 0.2) is 0 Å². The van der Waals surface area contributed by atoms with Gasteiger partial charge in [-0.05, 0) is 88.2 Å². The summed E-state index contributed by atoms with van der Waals surface area (Å²) in [6, 6.07) is 0. The minimum absolute atomic E-state index is 0. The molecule has 2 saturated heterocycles. The predicted molar refractivity (Wildman–Crippen MR) is 135 cm³/mol. The fraction of sp³-hybridized carbons (Fsp3) is 0.885. The summed E-state index contributed by atoms with van der Waals surface area (Å²) in [5.41, 5.74) is 0.494. The zero-order valence-corrected chi connectivity index (χ0v) is 22.1. The molecular formula is C26H51N3O3. The second-order valence-corrected chi connectivity index (χ2v) is 12.0. The third kappa shape index (κ3) is 8.26. The Kier molecular flexibility index (Phi) is 10.3. The molecule has 2 rings (SSSR count). The van der Waals surface area contributed by atoms with E-state index in [1.807, 2.05) is 6.21 Å². The Labute approximate surface area is 198 Å². The van der Waals surface area contributed by atoms with Crippen molar-refractivity contribution in [3.05, 3.63) is 0 Å². The molecule has 0 bridgehead atoms. The molecule has 0 N–H and O–H groups in total. The summed E-state index contributed by atoms with van der Waals surface area (Å²) in [4.78, 5) is 30.6. The SMILES string of the molecule is C.CC(=O)N=CC1CC(C)(C)N(C)C(C)(C)C1.CC(=O)OC1CC(C)(C)N(C)C(C)(C)C1. The van der Waals surface area contributed by atoms with E-state index in [0.29, 0.717) is 5.92 Å². The summed E-state index contributed by atoms with van der Waals surface area (Å²) in [6.45, 7) is 20.8. The van der Waals surface area contributed by atoms with Crippen LogP contribution in [0, 0.1) is 5.92 Å². The van der Waals surface area contributed by atoms with Crippen LogP contribution < -0.4 is 0 Å². The van der Waals surface area contributed by atoms with E-state index < -0.39 is 0 Å². The molecule has 1 amide bonds. The lowest BCUT2D eigenvalue weighted by Crippen LogP contribution is -2.60. The molecule has 0 aliphatic carbocycles. The van der Waals surface area contributed by atoms with E-state index in [4.69, 9.17) is 4.74 Å². The maximum Gasteiger partial charge on any atom is 0.302 e. The molecular weight excluding hydrogens is 402 g/mol. The number of aliphatic imine (C=N–C) groups is 1. The Hall–Kier alpha value is -1.27. The molecule has 2 fully saturated rings. The van der Waals surface area contributed by atoms with Crippen molar-refractivity contribution in [1.82, 2.24) is 9.80 Å². The zero-order chi connectivity index (χ0) is 24.4. The third-order valence-electron chi connectivity index (χ3n) is 7.41. The molecule has 6 nitrogen and oxygen atoms in total. The number of esters is 1. The molecule has 0 spiro atoms. The van der Waals surface area contributed by atoms with E-state index in [9.17, 15) is 9.59 Å². The number of rotatable bonds is 2. The van der Waals surface area contributed by atoms with Crippen molar-refractivity contribution in [3.8, 4) is 0 Å². The van der Waals surface area contributed by atoms with E-state index in [2.05, 4.69) is 84.3 Å². The molecule has 0 aromatic heterocycles. The van der Waals surface area contributed by atoms with Crippen LogP contribution in [0.2, 0.25) is 0 Å². The number of carbonyl (C=O) groups is 2. The summed E-state index contributed by atoms with van der Waals surface area (Å²) in [7, 11) is 4.32. The molecule has 0 atom stereocenters. The van der Waals surface area contributed by atoms with Crippen LogP contribution in [0.15, 0.2) is 4.99 Å². The highest BCUT2D eigenvalue weighted by Gasteiger charge is 2.44. The summed E-state index contributed by atoms with van der Waals surface area (Å²) < 4.78 is 5.35. The van der Waals surface area contributed by atoms with Gasteiger partial charge in [0.2, 0.25) is 5.91 Å². The molecule has 0 saturated carbocycles. The summed E-state index contributed by atoms with van der Waals surface area (Å²) >= 11 is 0. The quantitative estimate of drug-likeness (QED) is 0.417. The topological polar surface area (TPSA) is 62.2 Å². The number of amides is 1. The normalized spacial score (nSPS) is 25.4. The van der Waals surface area contributed by atoms with Crippen LogP contribution in [0.4, 0.5) is 0 Å². The first-order chi connectivity index (χ1) is 13.8. The molecule has 2 aliphatic rings. The largest absolute Gasteiger partial charge is 0.462 e. The first-order valence-electron chi connectivity index (χ1n) is 11.5.